The van der Waals surface area contributed by atoms with Crippen LogP contribution in [0.1, 0.15) is 36.3 Å². The van der Waals surface area contributed by atoms with Gasteiger partial charge in [0.15, 0.2) is 5.13 Å². The third kappa shape index (κ3) is 6.94. The van der Waals surface area contributed by atoms with E-state index in [1.807, 2.05) is 45.0 Å². The highest BCUT2D eigenvalue weighted by Crippen LogP contribution is 2.22. The summed E-state index contributed by atoms with van der Waals surface area (Å²) in [6.07, 6.45) is 0.242. The first kappa shape index (κ1) is 21.8. The summed E-state index contributed by atoms with van der Waals surface area (Å²) in [4.78, 5) is 30.8. The second kappa shape index (κ2) is 10.8. The molecule has 0 saturated heterocycles. The highest BCUT2D eigenvalue weighted by atomic mass is 32.1. The molecule has 2 rings (SSSR count). The van der Waals surface area contributed by atoms with Crippen LogP contribution < -0.4 is 10.6 Å². The Balaban J connectivity index is 2.02. The molecule has 0 aliphatic heterocycles. The van der Waals surface area contributed by atoms with Crippen LogP contribution in [0.4, 0.5) is 10.8 Å². The number of anilines is 2. The number of benzene rings is 1. The molecule has 1 heterocycles. The van der Waals surface area contributed by atoms with Crippen LogP contribution in [0.2, 0.25) is 0 Å². The van der Waals surface area contributed by atoms with E-state index in [9.17, 15) is 9.59 Å². The number of ether oxygens (including phenoxy) is 1. The lowest BCUT2D eigenvalue weighted by Crippen LogP contribution is -2.38. The van der Waals surface area contributed by atoms with Gasteiger partial charge in [-0.15, -0.1) is 11.3 Å². The number of thiazole rings is 1. The Morgan fingerprint density at radius 2 is 2.07 bits per heavy atom. The van der Waals surface area contributed by atoms with E-state index >= 15 is 0 Å². The molecule has 0 spiro atoms. The first-order valence-corrected chi connectivity index (χ1v) is 10.1. The van der Waals surface area contributed by atoms with E-state index in [-0.39, 0.29) is 24.3 Å². The van der Waals surface area contributed by atoms with Gasteiger partial charge < -0.3 is 20.3 Å². The number of carbonyl (C=O) groups is 2. The Morgan fingerprint density at radius 3 is 2.75 bits per heavy atom. The van der Waals surface area contributed by atoms with Crippen molar-refractivity contribution in [3.63, 3.8) is 0 Å². The van der Waals surface area contributed by atoms with Gasteiger partial charge in [0.2, 0.25) is 5.91 Å². The fourth-order valence-electron chi connectivity index (χ4n) is 2.58. The number of nitrogens with one attached hydrogen (secondary N) is 2. The molecule has 2 aromatic rings. The van der Waals surface area contributed by atoms with Crippen LogP contribution in [0, 0.1) is 6.92 Å². The summed E-state index contributed by atoms with van der Waals surface area (Å²) in [5.74, 6) is -0.284. The summed E-state index contributed by atoms with van der Waals surface area (Å²) in [7, 11) is 1.58. The largest absolute Gasteiger partial charge is 0.383 e. The topological polar surface area (TPSA) is 83.6 Å². The number of hydrogen-bond donors (Lipinski definition) is 2. The molecule has 0 aliphatic rings. The van der Waals surface area contributed by atoms with Crippen LogP contribution in [0.25, 0.3) is 0 Å². The molecular formula is C20H28N4O3S. The van der Waals surface area contributed by atoms with Crippen molar-refractivity contribution in [2.45, 2.75) is 33.2 Å². The predicted octanol–water partition coefficient (Wildman–Crippen LogP) is 3.20. The number of carbonyl (C=O) groups excluding carboxylic acids is 2. The Kier molecular flexibility index (Phi) is 8.41. The number of rotatable bonds is 10. The molecule has 28 heavy (non-hydrogen) atoms. The van der Waals surface area contributed by atoms with Crippen LogP contribution >= 0.6 is 11.3 Å². The lowest BCUT2D eigenvalue weighted by molar-refractivity contribution is -0.121. The van der Waals surface area contributed by atoms with Crippen molar-refractivity contribution in [3.8, 4) is 0 Å². The first-order chi connectivity index (χ1) is 13.4. The monoisotopic (exact) mass is 404 g/mol. The zero-order valence-corrected chi connectivity index (χ0v) is 17.6. The Hall–Kier alpha value is -2.45. The second-order valence-corrected chi connectivity index (χ2v) is 7.65. The number of aromatic nitrogens is 1. The Morgan fingerprint density at radius 1 is 1.29 bits per heavy atom. The van der Waals surface area contributed by atoms with Crippen LogP contribution in [0.5, 0.6) is 0 Å². The lowest BCUT2D eigenvalue weighted by Gasteiger charge is -2.21. The van der Waals surface area contributed by atoms with Gasteiger partial charge in [0.1, 0.15) is 5.69 Å². The van der Waals surface area contributed by atoms with E-state index < -0.39 is 0 Å². The van der Waals surface area contributed by atoms with Gasteiger partial charge in [-0.3, -0.25) is 9.59 Å². The summed E-state index contributed by atoms with van der Waals surface area (Å²) in [5.41, 5.74) is 2.43. The Bertz CT molecular complexity index is 791. The average molecular weight is 405 g/mol. The van der Waals surface area contributed by atoms with Gasteiger partial charge in [-0.2, -0.15) is 0 Å². The summed E-state index contributed by atoms with van der Waals surface area (Å²) >= 11 is 1.37. The maximum atomic E-state index is 12.9. The average Bonchev–Trinajstić information content (AvgIpc) is 3.09. The normalized spacial score (nSPS) is 10.8. The van der Waals surface area contributed by atoms with Gasteiger partial charge in [-0.05, 0) is 38.5 Å². The van der Waals surface area contributed by atoms with Crippen molar-refractivity contribution < 1.29 is 14.3 Å². The SMILES string of the molecule is COCCN(CCC(=O)NC(C)C)C(=O)c1csc(Nc2cccc(C)c2)n1. The van der Waals surface area contributed by atoms with Gasteiger partial charge in [0.25, 0.3) is 5.91 Å². The van der Waals surface area contributed by atoms with Crippen molar-refractivity contribution in [1.29, 1.82) is 0 Å². The number of hydrogen-bond acceptors (Lipinski definition) is 6. The first-order valence-electron chi connectivity index (χ1n) is 9.26. The van der Waals surface area contributed by atoms with Crippen molar-refractivity contribution in [2.75, 3.05) is 32.1 Å². The molecule has 2 amide bonds. The van der Waals surface area contributed by atoms with Gasteiger partial charge in [0.05, 0.1) is 6.61 Å². The molecule has 0 unspecified atom stereocenters. The molecule has 1 aromatic carbocycles. The molecule has 0 atom stereocenters. The molecule has 0 saturated carbocycles. The van der Waals surface area contributed by atoms with E-state index in [0.717, 1.165) is 11.3 Å². The molecule has 0 aliphatic carbocycles. The minimum atomic E-state index is -0.206. The predicted molar refractivity (Wildman–Crippen MR) is 112 cm³/mol. The maximum Gasteiger partial charge on any atom is 0.273 e. The molecule has 8 heteroatoms. The molecule has 0 fully saturated rings. The molecular weight excluding hydrogens is 376 g/mol. The van der Waals surface area contributed by atoms with Crippen LogP contribution in [0.3, 0.4) is 0 Å². The van der Waals surface area contributed by atoms with Gasteiger partial charge in [0, 0.05) is 43.7 Å². The van der Waals surface area contributed by atoms with Crippen molar-refractivity contribution >= 4 is 34.0 Å². The zero-order chi connectivity index (χ0) is 20.5. The molecule has 152 valence electrons. The fraction of sp³-hybridized carbons (Fsp3) is 0.450. The summed E-state index contributed by atoms with van der Waals surface area (Å²) in [5, 5.41) is 8.44. The van der Waals surface area contributed by atoms with E-state index in [4.69, 9.17) is 4.74 Å². The number of nitrogens with zero attached hydrogens (tertiary/aromatic N) is 2. The highest BCUT2D eigenvalue weighted by Gasteiger charge is 2.20. The van der Waals surface area contributed by atoms with Crippen LogP contribution in [-0.4, -0.2) is 54.5 Å². The smallest absolute Gasteiger partial charge is 0.273 e. The minimum absolute atomic E-state index is 0.0735. The van der Waals surface area contributed by atoms with Crippen molar-refractivity contribution in [1.82, 2.24) is 15.2 Å². The van der Waals surface area contributed by atoms with Crippen LogP contribution in [0.15, 0.2) is 29.6 Å². The second-order valence-electron chi connectivity index (χ2n) is 6.79. The maximum absolute atomic E-state index is 12.9. The zero-order valence-electron chi connectivity index (χ0n) is 16.8. The van der Waals surface area contributed by atoms with E-state index in [1.165, 1.54) is 11.3 Å². The highest BCUT2D eigenvalue weighted by molar-refractivity contribution is 7.14. The number of methoxy groups -OCH3 is 1. The standard InChI is InChI=1S/C20H28N4O3S/c1-14(2)21-18(25)8-9-24(10-11-27-4)19(26)17-13-28-20(23-17)22-16-7-5-6-15(3)12-16/h5-7,12-14H,8-11H2,1-4H3,(H,21,25)(H,22,23). The number of amides is 2. The van der Waals surface area contributed by atoms with E-state index in [1.54, 1.807) is 17.4 Å². The molecule has 0 radical (unpaired) electrons. The Labute approximate surface area is 170 Å². The molecule has 1 aromatic heterocycles. The fourth-order valence-corrected chi connectivity index (χ4v) is 3.29. The van der Waals surface area contributed by atoms with Gasteiger partial charge >= 0.3 is 0 Å². The molecule has 7 nitrogen and oxygen atoms in total. The quantitative estimate of drug-likeness (QED) is 0.635. The molecule has 0 bridgehead atoms. The molecule has 2 N–H and O–H groups in total. The van der Waals surface area contributed by atoms with Crippen LogP contribution in [-0.2, 0) is 9.53 Å². The van der Waals surface area contributed by atoms with E-state index in [0.29, 0.717) is 30.5 Å². The van der Waals surface area contributed by atoms with E-state index in [2.05, 4.69) is 15.6 Å². The summed E-state index contributed by atoms with van der Waals surface area (Å²) < 4.78 is 5.10. The third-order valence-corrected chi connectivity index (χ3v) is 4.66. The van der Waals surface area contributed by atoms with Crippen molar-refractivity contribution in [2.24, 2.45) is 0 Å². The minimum Gasteiger partial charge on any atom is -0.383 e. The van der Waals surface area contributed by atoms with Gasteiger partial charge in [-0.25, -0.2) is 4.98 Å². The van der Waals surface area contributed by atoms with Crippen molar-refractivity contribution in [3.05, 3.63) is 40.9 Å². The van der Waals surface area contributed by atoms with Gasteiger partial charge in [-0.1, -0.05) is 12.1 Å². The third-order valence-electron chi connectivity index (χ3n) is 3.90. The number of aryl methyl sites for hydroxylation is 1. The summed E-state index contributed by atoms with van der Waals surface area (Å²) in [6.45, 7) is 6.95. The lowest BCUT2D eigenvalue weighted by atomic mass is 10.2. The summed E-state index contributed by atoms with van der Waals surface area (Å²) in [6, 6.07) is 8.02.